The van der Waals surface area contributed by atoms with Crippen molar-refractivity contribution >= 4 is 28.8 Å². The van der Waals surface area contributed by atoms with Crippen LogP contribution in [0.4, 0.5) is 0 Å². The van der Waals surface area contributed by atoms with Crippen molar-refractivity contribution in [1.29, 1.82) is 0 Å². The van der Waals surface area contributed by atoms with Gasteiger partial charge in [-0.25, -0.2) is 4.98 Å². The fraction of sp³-hybridized carbons (Fsp3) is 0.375. The van der Waals surface area contributed by atoms with Crippen LogP contribution in [0.3, 0.4) is 0 Å². The number of carbonyl (C=O) groups excluding carboxylic acids is 3. The van der Waals surface area contributed by atoms with Gasteiger partial charge in [-0.2, -0.15) is 0 Å². The molecule has 3 heterocycles. The first-order chi connectivity index (χ1) is 11.1. The molecule has 0 aliphatic carbocycles. The summed E-state index contributed by atoms with van der Waals surface area (Å²) < 4.78 is 0. The maximum atomic E-state index is 12.2. The summed E-state index contributed by atoms with van der Waals surface area (Å²) in [6, 6.07) is 7.80. The Bertz CT molecular complexity index is 758. The predicted octanol–water partition coefficient (Wildman–Crippen LogP) is 0.638. The molecule has 0 saturated carbocycles. The van der Waals surface area contributed by atoms with Gasteiger partial charge in [0.1, 0.15) is 12.4 Å². The number of para-hydroxylation sites is 2. The number of rotatable bonds is 3. The van der Waals surface area contributed by atoms with Crippen molar-refractivity contribution in [1.82, 2.24) is 19.8 Å². The van der Waals surface area contributed by atoms with Gasteiger partial charge in [0, 0.05) is 25.9 Å². The molecule has 118 valence electrons. The van der Waals surface area contributed by atoms with Crippen LogP contribution >= 0.6 is 0 Å². The second-order valence-corrected chi connectivity index (χ2v) is 6.01. The summed E-state index contributed by atoms with van der Waals surface area (Å²) in [6.07, 6.45) is 0.432. The number of H-pyrrole nitrogens is 1. The summed E-state index contributed by atoms with van der Waals surface area (Å²) in [7, 11) is 0. The molecule has 1 aromatic carbocycles. The van der Waals surface area contributed by atoms with E-state index in [-0.39, 0.29) is 43.0 Å². The van der Waals surface area contributed by atoms with E-state index in [1.54, 1.807) is 4.90 Å². The number of hydrogen-bond acceptors (Lipinski definition) is 4. The quantitative estimate of drug-likeness (QED) is 0.843. The molecule has 0 spiro atoms. The average Bonchev–Trinajstić information content (AvgIpc) is 3.03. The van der Waals surface area contributed by atoms with Crippen molar-refractivity contribution in [3.8, 4) is 0 Å². The Kier molecular flexibility index (Phi) is 3.14. The number of hydrogen-bond donors (Lipinski definition) is 1. The summed E-state index contributed by atoms with van der Waals surface area (Å²) >= 11 is 0. The van der Waals surface area contributed by atoms with Gasteiger partial charge >= 0.3 is 0 Å². The highest BCUT2D eigenvalue weighted by Gasteiger charge is 2.37. The molecule has 1 aromatic heterocycles. The predicted molar refractivity (Wildman–Crippen MR) is 81.4 cm³/mol. The third-order valence-corrected chi connectivity index (χ3v) is 4.48. The summed E-state index contributed by atoms with van der Waals surface area (Å²) in [4.78, 5) is 45.8. The molecule has 2 aliphatic rings. The first-order valence-corrected chi connectivity index (χ1v) is 7.67. The zero-order chi connectivity index (χ0) is 16.0. The minimum absolute atomic E-state index is 0.134. The number of fused-ring (bicyclic) bond motifs is 1. The zero-order valence-corrected chi connectivity index (χ0v) is 12.5. The van der Waals surface area contributed by atoms with Gasteiger partial charge in [0.2, 0.25) is 17.7 Å². The van der Waals surface area contributed by atoms with E-state index in [0.717, 1.165) is 21.8 Å². The van der Waals surface area contributed by atoms with Crippen LogP contribution in [0.5, 0.6) is 0 Å². The third kappa shape index (κ3) is 2.38. The SMILES string of the molecule is O=C(CN1C(=O)CCC1=O)N1CC(c2nc3ccccc3[nH]2)C1. The lowest BCUT2D eigenvalue weighted by atomic mass is 9.99. The van der Waals surface area contributed by atoms with E-state index in [9.17, 15) is 14.4 Å². The molecular formula is C16H16N4O3. The Morgan fingerprint density at radius 2 is 1.87 bits per heavy atom. The maximum Gasteiger partial charge on any atom is 0.242 e. The van der Waals surface area contributed by atoms with Crippen LogP contribution in [-0.4, -0.2) is 57.1 Å². The fourth-order valence-corrected chi connectivity index (χ4v) is 3.06. The van der Waals surface area contributed by atoms with Crippen molar-refractivity contribution < 1.29 is 14.4 Å². The number of nitrogens with zero attached hydrogens (tertiary/aromatic N) is 3. The molecule has 0 radical (unpaired) electrons. The number of amides is 3. The summed E-state index contributed by atoms with van der Waals surface area (Å²) in [5, 5.41) is 0. The van der Waals surface area contributed by atoms with Gasteiger partial charge in [-0.1, -0.05) is 12.1 Å². The van der Waals surface area contributed by atoms with Crippen LogP contribution in [0.1, 0.15) is 24.6 Å². The van der Waals surface area contributed by atoms with E-state index in [2.05, 4.69) is 9.97 Å². The van der Waals surface area contributed by atoms with Crippen molar-refractivity contribution in [2.75, 3.05) is 19.6 Å². The first-order valence-electron chi connectivity index (χ1n) is 7.67. The lowest BCUT2D eigenvalue weighted by Gasteiger charge is -2.38. The molecule has 2 saturated heterocycles. The standard InChI is InChI=1S/C16H16N4O3/c21-13-5-6-14(22)20(13)9-15(23)19-7-10(8-19)16-17-11-3-1-2-4-12(11)18-16/h1-4,10H,5-9H2,(H,17,18). The Morgan fingerprint density at radius 3 is 2.57 bits per heavy atom. The number of carbonyl (C=O) groups is 3. The van der Waals surface area contributed by atoms with E-state index < -0.39 is 0 Å². The van der Waals surface area contributed by atoms with Crippen LogP contribution in [0, 0.1) is 0 Å². The maximum absolute atomic E-state index is 12.2. The fourth-order valence-electron chi connectivity index (χ4n) is 3.06. The topological polar surface area (TPSA) is 86.4 Å². The van der Waals surface area contributed by atoms with Crippen LogP contribution in [0.25, 0.3) is 11.0 Å². The molecule has 7 nitrogen and oxygen atoms in total. The van der Waals surface area contributed by atoms with Gasteiger partial charge in [0.15, 0.2) is 0 Å². The highest BCUT2D eigenvalue weighted by atomic mass is 16.2. The number of likely N-dealkylation sites (tertiary alicyclic amines) is 2. The van der Waals surface area contributed by atoms with Crippen LogP contribution in [0.2, 0.25) is 0 Å². The lowest BCUT2D eigenvalue weighted by Crippen LogP contribution is -2.52. The number of benzene rings is 1. The summed E-state index contributed by atoms with van der Waals surface area (Å²) in [6.45, 7) is 0.994. The largest absolute Gasteiger partial charge is 0.342 e. The molecule has 4 rings (SSSR count). The Labute approximate surface area is 132 Å². The zero-order valence-electron chi connectivity index (χ0n) is 12.5. The summed E-state index contributed by atoms with van der Waals surface area (Å²) in [5.41, 5.74) is 1.90. The second kappa shape index (κ2) is 5.19. The Balaban J connectivity index is 1.38. The van der Waals surface area contributed by atoms with Gasteiger partial charge in [-0.15, -0.1) is 0 Å². The number of imidazole rings is 1. The average molecular weight is 312 g/mol. The minimum Gasteiger partial charge on any atom is -0.342 e. The molecule has 23 heavy (non-hydrogen) atoms. The van der Waals surface area contributed by atoms with Crippen LogP contribution < -0.4 is 0 Å². The molecule has 0 bridgehead atoms. The number of aromatic amines is 1. The van der Waals surface area contributed by atoms with E-state index in [4.69, 9.17) is 0 Å². The highest BCUT2D eigenvalue weighted by Crippen LogP contribution is 2.27. The van der Waals surface area contributed by atoms with Crippen molar-refractivity contribution in [2.24, 2.45) is 0 Å². The van der Waals surface area contributed by atoms with Gasteiger partial charge in [-0.05, 0) is 12.1 Å². The molecule has 1 N–H and O–H groups in total. The molecule has 2 aliphatic heterocycles. The van der Waals surface area contributed by atoms with Gasteiger partial charge in [0.05, 0.1) is 17.0 Å². The monoisotopic (exact) mass is 312 g/mol. The molecule has 2 aromatic rings. The number of nitrogens with one attached hydrogen (secondary N) is 1. The van der Waals surface area contributed by atoms with E-state index in [1.165, 1.54) is 0 Å². The Morgan fingerprint density at radius 1 is 1.17 bits per heavy atom. The van der Waals surface area contributed by atoms with E-state index in [0.29, 0.717) is 13.1 Å². The van der Waals surface area contributed by atoms with Crippen LogP contribution in [-0.2, 0) is 14.4 Å². The summed E-state index contributed by atoms with van der Waals surface area (Å²) in [5.74, 6) is 0.372. The van der Waals surface area contributed by atoms with E-state index in [1.807, 2.05) is 24.3 Å². The van der Waals surface area contributed by atoms with Crippen LogP contribution in [0.15, 0.2) is 24.3 Å². The number of aromatic nitrogens is 2. The second-order valence-electron chi connectivity index (χ2n) is 6.01. The van der Waals surface area contributed by atoms with Gasteiger partial charge < -0.3 is 9.88 Å². The van der Waals surface area contributed by atoms with Gasteiger partial charge in [0.25, 0.3) is 0 Å². The third-order valence-electron chi connectivity index (χ3n) is 4.48. The van der Waals surface area contributed by atoms with E-state index >= 15 is 0 Å². The molecule has 2 fully saturated rings. The normalized spacial score (nSPS) is 18.8. The van der Waals surface area contributed by atoms with Crippen molar-refractivity contribution in [3.05, 3.63) is 30.1 Å². The van der Waals surface area contributed by atoms with Crippen molar-refractivity contribution in [3.63, 3.8) is 0 Å². The number of imide groups is 1. The Hall–Kier alpha value is -2.70. The lowest BCUT2D eigenvalue weighted by molar-refractivity contribution is -0.147. The highest BCUT2D eigenvalue weighted by molar-refractivity contribution is 6.04. The molecular weight excluding hydrogens is 296 g/mol. The minimum atomic E-state index is -0.252. The smallest absolute Gasteiger partial charge is 0.242 e. The molecule has 0 unspecified atom stereocenters. The van der Waals surface area contributed by atoms with Gasteiger partial charge in [-0.3, -0.25) is 19.3 Å². The van der Waals surface area contributed by atoms with Crippen molar-refractivity contribution in [2.45, 2.75) is 18.8 Å². The first kappa shape index (κ1) is 13.9. The molecule has 0 atom stereocenters. The molecule has 7 heteroatoms. The molecule has 3 amide bonds.